The third-order valence-corrected chi connectivity index (χ3v) is 6.35. The van der Waals surface area contributed by atoms with Crippen molar-refractivity contribution in [1.29, 1.82) is 0 Å². The molecule has 1 aromatic heterocycles. The lowest BCUT2D eigenvalue weighted by Gasteiger charge is -2.42. The molecule has 34 heavy (non-hydrogen) atoms. The van der Waals surface area contributed by atoms with Crippen LogP contribution in [0.1, 0.15) is 6.42 Å². The van der Waals surface area contributed by atoms with E-state index in [0.29, 0.717) is 52.5 Å². The van der Waals surface area contributed by atoms with E-state index in [9.17, 15) is 9.18 Å². The first-order valence-corrected chi connectivity index (χ1v) is 11.3. The van der Waals surface area contributed by atoms with Crippen molar-refractivity contribution >= 4 is 45.6 Å². The minimum Gasteiger partial charge on any atom is -0.494 e. The summed E-state index contributed by atoms with van der Waals surface area (Å²) in [5.41, 5.74) is 1.66. The zero-order valence-corrected chi connectivity index (χ0v) is 19.2. The van der Waals surface area contributed by atoms with Crippen LogP contribution in [0.2, 0.25) is 5.02 Å². The van der Waals surface area contributed by atoms with Crippen molar-refractivity contribution in [3.05, 3.63) is 59.7 Å². The second-order valence-electron chi connectivity index (χ2n) is 8.16. The minimum atomic E-state index is -0.506. The van der Waals surface area contributed by atoms with E-state index in [1.165, 1.54) is 31.6 Å². The first kappa shape index (κ1) is 22.5. The second-order valence-corrected chi connectivity index (χ2v) is 8.56. The molecule has 2 unspecified atom stereocenters. The zero-order valence-electron chi connectivity index (χ0n) is 18.4. The third-order valence-electron chi connectivity index (χ3n) is 6.06. The van der Waals surface area contributed by atoms with Crippen molar-refractivity contribution in [3.63, 3.8) is 0 Å². The lowest BCUT2D eigenvalue weighted by atomic mass is 9.99. The Morgan fingerprint density at radius 1 is 1.35 bits per heavy atom. The Kier molecular flexibility index (Phi) is 6.32. The van der Waals surface area contributed by atoms with Gasteiger partial charge in [0.05, 0.1) is 29.4 Å². The van der Waals surface area contributed by atoms with Crippen LogP contribution in [0.4, 0.5) is 21.6 Å². The van der Waals surface area contributed by atoms with Gasteiger partial charge in [-0.3, -0.25) is 9.69 Å². The Hall–Kier alpha value is -3.27. The Labute approximate surface area is 200 Å². The summed E-state index contributed by atoms with van der Waals surface area (Å²) in [6, 6.07) is 8.23. The number of likely N-dealkylation sites (tertiary alicyclic amines) is 1. The van der Waals surface area contributed by atoms with Gasteiger partial charge in [0.1, 0.15) is 23.7 Å². The molecule has 176 valence electrons. The van der Waals surface area contributed by atoms with Crippen LogP contribution in [-0.4, -0.2) is 59.7 Å². The van der Waals surface area contributed by atoms with Crippen molar-refractivity contribution in [2.24, 2.45) is 0 Å². The van der Waals surface area contributed by atoms with Gasteiger partial charge < -0.3 is 20.1 Å². The predicted octanol–water partition coefficient (Wildman–Crippen LogP) is 4.14. The van der Waals surface area contributed by atoms with Crippen molar-refractivity contribution in [2.75, 3.05) is 37.4 Å². The number of nitrogens with zero attached hydrogens (tertiary/aromatic N) is 3. The number of nitrogens with one attached hydrogen (secondary N) is 2. The SMILES string of the molecule is COc1cc2ncnc(Nc3ccc(F)c(Cl)c3)c2cc1NC(=O)/C=C/CN1CC2OCCC21. The third kappa shape index (κ3) is 4.54. The summed E-state index contributed by atoms with van der Waals surface area (Å²) in [4.78, 5) is 23.5. The molecule has 0 bridgehead atoms. The first-order chi connectivity index (χ1) is 16.5. The summed E-state index contributed by atoms with van der Waals surface area (Å²) in [7, 11) is 1.53. The van der Waals surface area contributed by atoms with Crippen LogP contribution in [0.3, 0.4) is 0 Å². The molecule has 2 atom stereocenters. The monoisotopic (exact) mass is 483 g/mol. The van der Waals surface area contributed by atoms with E-state index in [1.54, 1.807) is 18.2 Å². The molecule has 2 fully saturated rings. The van der Waals surface area contributed by atoms with Crippen molar-refractivity contribution < 1.29 is 18.7 Å². The summed E-state index contributed by atoms with van der Waals surface area (Å²) < 4.78 is 24.6. The molecule has 0 saturated carbocycles. The molecule has 3 heterocycles. The molecule has 0 aliphatic carbocycles. The van der Waals surface area contributed by atoms with Gasteiger partial charge in [-0.05, 0) is 30.7 Å². The van der Waals surface area contributed by atoms with E-state index in [0.717, 1.165) is 19.6 Å². The van der Waals surface area contributed by atoms with Gasteiger partial charge in [0.15, 0.2) is 0 Å². The molecule has 5 rings (SSSR count). The van der Waals surface area contributed by atoms with Gasteiger partial charge in [-0.15, -0.1) is 0 Å². The number of rotatable bonds is 7. The number of benzene rings is 2. The van der Waals surface area contributed by atoms with Crippen LogP contribution in [0.15, 0.2) is 48.8 Å². The molecule has 2 N–H and O–H groups in total. The predicted molar refractivity (Wildman–Crippen MR) is 128 cm³/mol. The summed E-state index contributed by atoms with van der Waals surface area (Å²) in [5.74, 6) is 0.173. The normalized spacial score (nSPS) is 19.7. The standard InChI is InChI=1S/C24H23ClFN5O3/c1-33-21-11-18-15(24(28-13-27-18)29-14-4-5-17(26)16(25)9-14)10-19(21)30-23(32)3-2-7-31-12-22-20(31)6-8-34-22/h2-5,9-11,13,20,22H,6-8,12H2,1H3,(H,30,32)(H,27,28,29)/b3-2+. The van der Waals surface area contributed by atoms with Crippen LogP contribution >= 0.6 is 11.6 Å². The zero-order chi connectivity index (χ0) is 23.7. The van der Waals surface area contributed by atoms with Gasteiger partial charge in [-0.25, -0.2) is 14.4 Å². The molecule has 8 nitrogen and oxygen atoms in total. The van der Waals surface area contributed by atoms with Gasteiger partial charge in [-0.1, -0.05) is 17.7 Å². The van der Waals surface area contributed by atoms with E-state index < -0.39 is 5.82 Å². The highest BCUT2D eigenvalue weighted by Gasteiger charge is 2.42. The molecule has 3 aromatic rings. The number of halogens is 2. The number of carbonyl (C=O) groups excluding carboxylic acids is 1. The quantitative estimate of drug-likeness (QED) is 0.488. The number of hydrogen-bond donors (Lipinski definition) is 2. The van der Waals surface area contributed by atoms with Gasteiger partial charge in [0.2, 0.25) is 5.91 Å². The molecule has 0 spiro atoms. The molecule has 2 saturated heterocycles. The van der Waals surface area contributed by atoms with Crippen LogP contribution in [0.5, 0.6) is 5.75 Å². The van der Waals surface area contributed by atoms with E-state index in [-0.39, 0.29) is 10.9 Å². The van der Waals surface area contributed by atoms with Gasteiger partial charge >= 0.3 is 0 Å². The number of ether oxygens (including phenoxy) is 2. The van der Waals surface area contributed by atoms with Crippen molar-refractivity contribution in [1.82, 2.24) is 14.9 Å². The fourth-order valence-corrected chi connectivity index (χ4v) is 4.48. The number of fused-ring (bicyclic) bond motifs is 2. The topological polar surface area (TPSA) is 88.6 Å². The molecular weight excluding hydrogens is 461 g/mol. The highest BCUT2D eigenvalue weighted by Crippen LogP contribution is 2.34. The Morgan fingerprint density at radius 3 is 3.03 bits per heavy atom. The first-order valence-electron chi connectivity index (χ1n) is 10.9. The number of aromatic nitrogens is 2. The highest BCUT2D eigenvalue weighted by molar-refractivity contribution is 6.31. The fraction of sp³-hybridized carbons (Fsp3) is 0.292. The fourth-order valence-electron chi connectivity index (χ4n) is 4.30. The average Bonchev–Trinajstić information content (AvgIpc) is 3.19. The molecule has 1 amide bonds. The maximum Gasteiger partial charge on any atom is 0.248 e. The maximum atomic E-state index is 13.5. The maximum absolute atomic E-state index is 13.5. The van der Waals surface area contributed by atoms with Gasteiger partial charge in [0.25, 0.3) is 0 Å². The lowest BCUT2D eigenvalue weighted by molar-refractivity contribution is -0.112. The van der Waals surface area contributed by atoms with E-state index in [1.807, 2.05) is 6.08 Å². The molecule has 2 aliphatic rings. The van der Waals surface area contributed by atoms with E-state index >= 15 is 0 Å². The number of hydrogen-bond acceptors (Lipinski definition) is 7. The number of amides is 1. The van der Waals surface area contributed by atoms with E-state index in [2.05, 4.69) is 25.5 Å². The lowest BCUT2D eigenvalue weighted by Crippen LogP contribution is -2.57. The van der Waals surface area contributed by atoms with Crippen LogP contribution in [-0.2, 0) is 9.53 Å². The van der Waals surface area contributed by atoms with Crippen LogP contribution in [0.25, 0.3) is 10.9 Å². The van der Waals surface area contributed by atoms with Crippen LogP contribution in [0, 0.1) is 5.82 Å². The highest BCUT2D eigenvalue weighted by atomic mass is 35.5. The van der Waals surface area contributed by atoms with E-state index in [4.69, 9.17) is 21.1 Å². The Bertz CT molecular complexity index is 1270. The smallest absolute Gasteiger partial charge is 0.248 e. The van der Waals surface area contributed by atoms with Gasteiger partial charge in [-0.2, -0.15) is 0 Å². The molecule has 2 aromatic carbocycles. The molecule has 0 radical (unpaired) electrons. The average molecular weight is 484 g/mol. The summed E-state index contributed by atoms with van der Waals surface area (Å²) >= 11 is 5.89. The Balaban J connectivity index is 1.33. The summed E-state index contributed by atoms with van der Waals surface area (Å²) in [6.45, 7) is 2.42. The van der Waals surface area contributed by atoms with Crippen LogP contribution < -0.4 is 15.4 Å². The summed E-state index contributed by atoms with van der Waals surface area (Å²) in [5, 5.41) is 6.64. The molecular formula is C24H23ClFN5O3. The van der Waals surface area contributed by atoms with Crippen molar-refractivity contribution in [2.45, 2.75) is 18.6 Å². The molecule has 2 aliphatic heterocycles. The number of carbonyl (C=O) groups is 1. The Morgan fingerprint density at radius 2 is 2.24 bits per heavy atom. The van der Waals surface area contributed by atoms with Gasteiger partial charge in [0, 0.05) is 49.0 Å². The largest absolute Gasteiger partial charge is 0.494 e. The number of methoxy groups -OCH3 is 1. The minimum absolute atomic E-state index is 0.000948. The molecule has 10 heteroatoms. The van der Waals surface area contributed by atoms with Crippen molar-refractivity contribution in [3.8, 4) is 5.75 Å². The number of anilines is 3. The second kappa shape index (κ2) is 9.54. The summed E-state index contributed by atoms with van der Waals surface area (Å²) in [6.07, 6.45) is 6.17.